The van der Waals surface area contributed by atoms with Gasteiger partial charge < -0.3 is 4.74 Å². The molecule has 0 aliphatic heterocycles. The normalized spacial score (nSPS) is 10.2. The van der Waals surface area contributed by atoms with Crippen LogP contribution in [0, 0.1) is 0 Å². The molecule has 1 heterocycles. The number of nitrogens with zero attached hydrogens (tertiary/aromatic N) is 1. The zero-order valence-electron chi connectivity index (χ0n) is 5.63. The molecule has 1 aromatic rings. The van der Waals surface area contributed by atoms with Crippen molar-refractivity contribution in [2.45, 2.75) is 13.5 Å². The van der Waals surface area contributed by atoms with Crippen LogP contribution in [0.5, 0.6) is 0 Å². The number of hydrogen-bond acceptors (Lipinski definition) is 3. The van der Waals surface area contributed by atoms with E-state index in [1.807, 2.05) is 13.1 Å². The van der Waals surface area contributed by atoms with E-state index in [0.29, 0.717) is 6.61 Å². The van der Waals surface area contributed by atoms with E-state index in [1.165, 1.54) is 0 Å². The molecule has 0 aromatic carbocycles. The largest absolute Gasteiger partial charge is 0.376 e. The summed E-state index contributed by atoms with van der Waals surface area (Å²) in [6.45, 7) is 3.42. The van der Waals surface area contributed by atoms with Gasteiger partial charge in [-0.3, -0.25) is 0 Å². The average Bonchev–Trinajstić information content (AvgIpc) is 2.31. The second kappa shape index (κ2) is 4.05. The molecule has 0 aliphatic rings. The first-order valence-electron chi connectivity index (χ1n) is 3.01. The topological polar surface area (TPSA) is 22.1 Å². The Morgan fingerprint density at radius 2 is 2.60 bits per heavy atom. The SMILES string of the molecule is CCOCc1cnc(Br)s1. The van der Waals surface area contributed by atoms with E-state index in [0.717, 1.165) is 15.4 Å². The monoisotopic (exact) mass is 221 g/mol. The Bertz CT molecular complexity index is 201. The summed E-state index contributed by atoms with van der Waals surface area (Å²) in [5.41, 5.74) is 0. The van der Waals surface area contributed by atoms with E-state index < -0.39 is 0 Å². The highest BCUT2D eigenvalue weighted by Crippen LogP contribution is 2.18. The summed E-state index contributed by atoms with van der Waals surface area (Å²) in [6, 6.07) is 0. The van der Waals surface area contributed by atoms with Gasteiger partial charge >= 0.3 is 0 Å². The molecule has 4 heteroatoms. The smallest absolute Gasteiger partial charge is 0.159 e. The minimum Gasteiger partial charge on any atom is -0.376 e. The van der Waals surface area contributed by atoms with E-state index in [-0.39, 0.29) is 0 Å². The van der Waals surface area contributed by atoms with Crippen molar-refractivity contribution in [1.29, 1.82) is 0 Å². The molecule has 0 saturated heterocycles. The van der Waals surface area contributed by atoms with Gasteiger partial charge in [0.25, 0.3) is 0 Å². The van der Waals surface area contributed by atoms with Crippen LogP contribution in [0.15, 0.2) is 10.1 Å². The maximum atomic E-state index is 5.18. The van der Waals surface area contributed by atoms with Gasteiger partial charge in [0.05, 0.1) is 11.5 Å². The molecule has 1 aromatic heterocycles. The third-order valence-electron chi connectivity index (χ3n) is 0.974. The van der Waals surface area contributed by atoms with Crippen molar-refractivity contribution in [1.82, 2.24) is 4.98 Å². The zero-order chi connectivity index (χ0) is 7.40. The quantitative estimate of drug-likeness (QED) is 0.783. The maximum absolute atomic E-state index is 5.18. The Kier molecular flexibility index (Phi) is 3.31. The van der Waals surface area contributed by atoms with Gasteiger partial charge in [-0.2, -0.15) is 0 Å². The summed E-state index contributed by atoms with van der Waals surface area (Å²) in [5.74, 6) is 0. The van der Waals surface area contributed by atoms with Gasteiger partial charge in [-0.1, -0.05) is 0 Å². The lowest BCUT2D eigenvalue weighted by Gasteiger charge is -1.93. The molecule has 0 radical (unpaired) electrons. The molecule has 1 rings (SSSR count). The van der Waals surface area contributed by atoms with Crippen LogP contribution in [0.1, 0.15) is 11.8 Å². The fourth-order valence-corrected chi connectivity index (χ4v) is 1.85. The molecule has 0 N–H and O–H groups in total. The minimum absolute atomic E-state index is 0.680. The van der Waals surface area contributed by atoms with Crippen LogP contribution in [0.2, 0.25) is 0 Å². The Labute approximate surface area is 72.4 Å². The third kappa shape index (κ3) is 2.36. The van der Waals surface area contributed by atoms with Crippen molar-refractivity contribution in [2.75, 3.05) is 6.61 Å². The molecule has 0 spiro atoms. The van der Waals surface area contributed by atoms with Gasteiger partial charge in [0.1, 0.15) is 0 Å². The molecule has 0 saturated carbocycles. The van der Waals surface area contributed by atoms with E-state index in [2.05, 4.69) is 20.9 Å². The van der Waals surface area contributed by atoms with Gasteiger partial charge in [0.2, 0.25) is 0 Å². The average molecular weight is 222 g/mol. The molecular formula is C6H8BrNOS. The molecule has 10 heavy (non-hydrogen) atoms. The number of thiazole rings is 1. The van der Waals surface area contributed by atoms with Crippen molar-refractivity contribution >= 4 is 27.3 Å². The summed E-state index contributed by atoms with van der Waals surface area (Å²) < 4.78 is 6.10. The Hall–Kier alpha value is 0.0700. The first kappa shape index (κ1) is 8.17. The van der Waals surface area contributed by atoms with Crippen molar-refractivity contribution in [3.05, 3.63) is 15.0 Å². The molecule has 0 amide bonds. The van der Waals surface area contributed by atoms with Crippen LogP contribution in [0.25, 0.3) is 0 Å². The molecule has 0 atom stereocenters. The Morgan fingerprint density at radius 1 is 1.80 bits per heavy atom. The van der Waals surface area contributed by atoms with Crippen molar-refractivity contribution in [3.63, 3.8) is 0 Å². The van der Waals surface area contributed by atoms with Gasteiger partial charge in [0.15, 0.2) is 3.92 Å². The van der Waals surface area contributed by atoms with Crippen LogP contribution in [0.4, 0.5) is 0 Å². The first-order chi connectivity index (χ1) is 4.83. The molecule has 0 bridgehead atoms. The van der Waals surface area contributed by atoms with Crippen LogP contribution in [-0.4, -0.2) is 11.6 Å². The molecule has 0 fully saturated rings. The Morgan fingerprint density at radius 3 is 3.10 bits per heavy atom. The standard InChI is InChI=1S/C6H8BrNOS/c1-2-9-4-5-3-8-6(7)10-5/h3H,2,4H2,1H3. The van der Waals surface area contributed by atoms with E-state index >= 15 is 0 Å². The van der Waals surface area contributed by atoms with Crippen LogP contribution < -0.4 is 0 Å². The second-order valence-corrected chi connectivity index (χ2v) is 4.11. The summed E-state index contributed by atoms with van der Waals surface area (Å²) in [6.07, 6.45) is 1.82. The van der Waals surface area contributed by atoms with Crippen LogP contribution >= 0.6 is 27.3 Å². The molecule has 56 valence electrons. The lowest BCUT2D eigenvalue weighted by atomic mass is 10.6. The lowest BCUT2D eigenvalue weighted by Crippen LogP contribution is -1.87. The lowest BCUT2D eigenvalue weighted by molar-refractivity contribution is 0.136. The Balaban J connectivity index is 2.42. The van der Waals surface area contributed by atoms with Crippen LogP contribution in [-0.2, 0) is 11.3 Å². The number of hydrogen-bond donors (Lipinski definition) is 0. The van der Waals surface area contributed by atoms with E-state index in [1.54, 1.807) is 11.3 Å². The minimum atomic E-state index is 0.680. The highest BCUT2D eigenvalue weighted by atomic mass is 79.9. The highest BCUT2D eigenvalue weighted by molar-refractivity contribution is 9.11. The number of rotatable bonds is 3. The van der Waals surface area contributed by atoms with E-state index in [4.69, 9.17) is 4.74 Å². The van der Waals surface area contributed by atoms with Gasteiger partial charge in [0, 0.05) is 12.8 Å². The van der Waals surface area contributed by atoms with Crippen LogP contribution in [0.3, 0.4) is 0 Å². The van der Waals surface area contributed by atoms with Gasteiger partial charge in [-0.25, -0.2) is 4.98 Å². The van der Waals surface area contributed by atoms with E-state index in [9.17, 15) is 0 Å². The zero-order valence-corrected chi connectivity index (χ0v) is 8.04. The summed E-state index contributed by atoms with van der Waals surface area (Å²) in [5, 5.41) is 0. The van der Waals surface area contributed by atoms with Crippen molar-refractivity contribution in [3.8, 4) is 0 Å². The molecule has 0 unspecified atom stereocenters. The molecule has 0 aliphatic carbocycles. The predicted octanol–water partition coefficient (Wildman–Crippen LogP) is 2.44. The van der Waals surface area contributed by atoms with Gasteiger partial charge in [-0.05, 0) is 22.9 Å². The number of aromatic nitrogens is 1. The third-order valence-corrected chi connectivity index (χ3v) is 2.42. The van der Waals surface area contributed by atoms with Gasteiger partial charge in [-0.15, -0.1) is 11.3 Å². The highest BCUT2D eigenvalue weighted by Gasteiger charge is 1.96. The van der Waals surface area contributed by atoms with Crippen molar-refractivity contribution in [2.24, 2.45) is 0 Å². The summed E-state index contributed by atoms with van der Waals surface area (Å²) >= 11 is 4.88. The predicted molar refractivity (Wildman–Crippen MR) is 45.1 cm³/mol. The first-order valence-corrected chi connectivity index (χ1v) is 4.62. The number of ether oxygens (including phenoxy) is 1. The van der Waals surface area contributed by atoms with Crippen molar-refractivity contribution < 1.29 is 4.74 Å². The molecule has 2 nitrogen and oxygen atoms in total. The molecular weight excluding hydrogens is 214 g/mol. The summed E-state index contributed by atoms with van der Waals surface area (Å²) in [4.78, 5) is 5.19. The summed E-state index contributed by atoms with van der Waals surface area (Å²) in [7, 11) is 0. The fraction of sp³-hybridized carbons (Fsp3) is 0.500. The maximum Gasteiger partial charge on any atom is 0.159 e. The fourth-order valence-electron chi connectivity index (χ4n) is 0.553. The number of halogens is 1. The second-order valence-electron chi connectivity index (χ2n) is 1.72.